The average molecular weight is 173 g/mol. The minimum atomic E-state index is -4.41. The Hall–Kier alpha value is -1.57. The monoisotopic (exact) mass is 173 g/mol. The van der Waals surface area contributed by atoms with Crippen LogP contribution in [0.4, 0.5) is 13.2 Å². The molecule has 1 heterocycles. The van der Waals surface area contributed by atoms with Crippen LogP contribution in [0.15, 0.2) is 24.5 Å². The van der Waals surface area contributed by atoms with Gasteiger partial charge >= 0.3 is 6.30 Å². The molecular weight excluding hydrogens is 169 g/mol. The Labute approximate surface area is 66.5 Å². The molecule has 0 fully saturated rings. The number of halogens is 3. The van der Waals surface area contributed by atoms with Gasteiger partial charge in [-0.3, -0.25) is 0 Å². The fourth-order valence-corrected chi connectivity index (χ4v) is 0.670. The molecule has 0 aliphatic carbocycles. The van der Waals surface area contributed by atoms with Gasteiger partial charge in [-0.1, -0.05) is 0 Å². The highest BCUT2D eigenvalue weighted by atomic mass is 19.4. The number of hydrogen-bond acceptors (Lipinski definition) is 1. The quantitative estimate of drug-likeness (QED) is 0.543. The predicted octanol–water partition coefficient (Wildman–Crippen LogP) is 1.32. The van der Waals surface area contributed by atoms with Crippen molar-refractivity contribution < 1.29 is 17.7 Å². The van der Waals surface area contributed by atoms with Crippen LogP contribution in [0.2, 0.25) is 0 Å². The molecule has 0 radical (unpaired) electrons. The molecule has 0 unspecified atom stereocenters. The van der Waals surface area contributed by atoms with Crippen molar-refractivity contribution in [2.45, 2.75) is 6.30 Å². The van der Waals surface area contributed by atoms with Crippen molar-refractivity contribution in [3.8, 4) is 6.07 Å². The van der Waals surface area contributed by atoms with Gasteiger partial charge in [-0.25, -0.2) is 0 Å². The highest BCUT2D eigenvalue weighted by molar-refractivity contribution is 5.23. The molecule has 1 aromatic heterocycles. The molecule has 0 amide bonds. The molecule has 2 nitrogen and oxygen atoms in total. The number of aromatic nitrogens is 1. The van der Waals surface area contributed by atoms with Crippen LogP contribution in [-0.2, 0) is 6.30 Å². The van der Waals surface area contributed by atoms with Gasteiger partial charge in [0.2, 0.25) is 0 Å². The smallest absolute Gasteiger partial charge is 0.192 e. The lowest BCUT2D eigenvalue weighted by atomic mass is 10.3. The van der Waals surface area contributed by atoms with Crippen molar-refractivity contribution in [1.82, 2.24) is 0 Å². The Morgan fingerprint density at radius 3 is 2.08 bits per heavy atom. The normalized spacial score (nSPS) is 10.8. The topological polar surface area (TPSA) is 27.7 Å². The molecule has 0 aliphatic heterocycles. The van der Waals surface area contributed by atoms with Gasteiger partial charge in [-0.05, 0) is 0 Å². The largest absolute Gasteiger partial charge is 0.637 e. The number of alkyl halides is 3. The Morgan fingerprint density at radius 2 is 1.75 bits per heavy atom. The fraction of sp³-hybridized carbons (Fsp3) is 0.143. The molecule has 1 aromatic rings. The summed E-state index contributed by atoms with van der Waals surface area (Å²) in [6.07, 6.45) is -2.80. The summed E-state index contributed by atoms with van der Waals surface area (Å²) >= 11 is 0. The molecule has 0 atom stereocenters. The standard InChI is InChI=1S/C7H4F3N2/c8-7(9,10)12-3-1-6(5-11)2-4-12/h1-4H/q+1. The first-order valence-electron chi connectivity index (χ1n) is 3.02. The van der Waals surface area contributed by atoms with E-state index >= 15 is 0 Å². The zero-order valence-electron chi connectivity index (χ0n) is 5.84. The van der Waals surface area contributed by atoms with Crippen LogP contribution < -0.4 is 4.57 Å². The second-order valence-corrected chi connectivity index (χ2v) is 2.07. The third-order valence-corrected chi connectivity index (χ3v) is 1.25. The van der Waals surface area contributed by atoms with Crippen molar-refractivity contribution in [3.63, 3.8) is 0 Å². The highest BCUT2D eigenvalue weighted by Gasteiger charge is 2.40. The summed E-state index contributed by atoms with van der Waals surface area (Å²) in [4.78, 5) is 0. The third-order valence-electron chi connectivity index (χ3n) is 1.25. The van der Waals surface area contributed by atoms with Crippen LogP contribution in [-0.4, -0.2) is 0 Å². The van der Waals surface area contributed by atoms with Gasteiger partial charge in [0.15, 0.2) is 12.4 Å². The van der Waals surface area contributed by atoms with E-state index in [1.165, 1.54) is 0 Å². The molecule has 0 saturated carbocycles. The zero-order chi connectivity index (χ0) is 9.19. The zero-order valence-corrected chi connectivity index (χ0v) is 5.84. The average Bonchev–Trinajstić information content (AvgIpc) is 2.03. The summed E-state index contributed by atoms with van der Waals surface area (Å²) < 4.78 is 35.8. The molecule has 1 rings (SSSR count). The number of nitriles is 1. The summed E-state index contributed by atoms with van der Waals surface area (Å²) in [5.74, 6) is 0. The van der Waals surface area contributed by atoms with E-state index in [0.717, 1.165) is 24.5 Å². The number of rotatable bonds is 0. The lowest BCUT2D eigenvalue weighted by molar-refractivity contribution is -0.854. The Kier molecular flexibility index (Phi) is 2.00. The Balaban J connectivity index is 3.02. The molecule has 0 bridgehead atoms. The van der Waals surface area contributed by atoms with E-state index in [1.807, 2.05) is 0 Å². The maximum atomic E-state index is 11.9. The van der Waals surface area contributed by atoms with Crippen molar-refractivity contribution in [2.75, 3.05) is 0 Å². The minimum absolute atomic E-state index is 0.0772. The van der Waals surface area contributed by atoms with Crippen LogP contribution in [0.5, 0.6) is 0 Å². The molecule has 62 valence electrons. The minimum Gasteiger partial charge on any atom is -0.192 e. The van der Waals surface area contributed by atoms with Crippen molar-refractivity contribution in [2.24, 2.45) is 0 Å². The van der Waals surface area contributed by atoms with E-state index in [2.05, 4.69) is 0 Å². The van der Waals surface area contributed by atoms with Crippen molar-refractivity contribution in [3.05, 3.63) is 30.1 Å². The SMILES string of the molecule is N#Cc1cc[n+](C(F)(F)F)cc1. The van der Waals surface area contributed by atoms with Crippen molar-refractivity contribution in [1.29, 1.82) is 5.26 Å². The number of pyridine rings is 1. The molecular formula is C7H4F3N2+. The number of nitrogens with zero attached hydrogens (tertiary/aromatic N) is 2. The van der Waals surface area contributed by atoms with Gasteiger partial charge in [0.05, 0.1) is 11.6 Å². The summed E-state index contributed by atoms with van der Waals surface area (Å²) in [5, 5.41) is 8.29. The first kappa shape index (κ1) is 8.53. The van der Waals surface area contributed by atoms with Gasteiger partial charge in [-0.2, -0.15) is 5.26 Å². The third kappa shape index (κ3) is 1.72. The summed E-state index contributed by atoms with van der Waals surface area (Å²) in [7, 11) is 0. The van der Waals surface area contributed by atoms with Crippen LogP contribution in [0, 0.1) is 11.3 Å². The Morgan fingerprint density at radius 1 is 1.25 bits per heavy atom. The van der Waals surface area contributed by atoms with Crippen LogP contribution in [0.1, 0.15) is 5.56 Å². The van der Waals surface area contributed by atoms with Gasteiger partial charge in [0.25, 0.3) is 0 Å². The van der Waals surface area contributed by atoms with Crippen LogP contribution in [0.3, 0.4) is 0 Å². The number of hydrogen-bond donors (Lipinski definition) is 0. The van der Waals surface area contributed by atoms with E-state index in [1.54, 1.807) is 6.07 Å². The molecule has 0 spiro atoms. The molecule has 0 aliphatic rings. The van der Waals surface area contributed by atoms with Crippen LogP contribution in [0.25, 0.3) is 0 Å². The van der Waals surface area contributed by atoms with Crippen molar-refractivity contribution >= 4 is 0 Å². The van der Waals surface area contributed by atoms with E-state index in [4.69, 9.17) is 5.26 Å². The van der Waals surface area contributed by atoms with E-state index in [0.29, 0.717) is 0 Å². The molecule has 0 aromatic carbocycles. The van der Waals surface area contributed by atoms with Gasteiger partial charge < -0.3 is 0 Å². The van der Waals surface area contributed by atoms with Gasteiger partial charge in [0, 0.05) is 12.1 Å². The predicted molar refractivity (Wildman–Crippen MR) is 32.6 cm³/mol. The maximum Gasteiger partial charge on any atom is 0.637 e. The fourth-order valence-electron chi connectivity index (χ4n) is 0.670. The van der Waals surface area contributed by atoms with Gasteiger partial charge in [-0.15, -0.1) is 17.7 Å². The second kappa shape index (κ2) is 2.81. The molecule has 0 saturated heterocycles. The highest BCUT2D eigenvalue weighted by Crippen LogP contribution is 2.12. The second-order valence-electron chi connectivity index (χ2n) is 2.07. The van der Waals surface area contributed by atoms with E-state index in [9.17, 15) is 13.2 Å². The van der Waals surface area contributed by atoms with E-state index < -0.39 is 6.30 Å². The van der Waals surface area contributed by atoms with Crippen LogP contribution >= 0.6 is 0 Å². The molecule has 5 heteroatoms. The Bertz CT molecular complexity index is 307. The summed E-state index contributed by atoms with van der Waals surface area (Å²) in [5.41, 5.74) is 0.204. The lowest BCUT2D eigenvalue weighted by Gasteiger charge is -1.97. The first-order chi connectivity index (χ1) is 5.54. The lowest BCUT2D eigenvalue weighted by Crippen LogP contribution is -2.46. The molecule has 0 N–H and O–H groups in total. The molecule has 12 heavy (non-hydrogen) atoms. The maximum absolute atomic E-state index is 11.9. The summed E-state index contributed by atoms with van der Waals surface area (Å²) in [6, 6.07) is 3.93. The van der Waals surface area contributed by atoms with Gasteiger partial charge in [0.1, 0.15) is 0 Å². The van der Waals surface area contributed by atoms with E-state index in [-0.39, 0.29) is 10.1 Å². The first-order valence-corrected chi connectivity index (χ1v) is 3.02. The summed E-state index contributed by atoms with van der Waals surface area (Å²) in [6.45, 7) is 0.